The summed E-state index contributed by atoms with van der Waals surface area (Å²) in [7, 11) is 1.61. The Hall–Kier alpha value is -0.540. The summed E-state index contributed by atoms with van der Waals surface area (Å²) in [6.45, 7) is 0. The van der Waals surface area contributed by atoms with Crippen LogP contribution in [0.5, 0.6) is 5.75 Å². The molecule has 1 aromatic carbocycles. The molecule has 0 radical (unpaired) electrons. The maximum atomic E-state index is 11.2. The second-order valence-electron chi connectivity index (χ2n) is 3.13. The lowest BCUT2D eigenvalue weighted by atomic mass is 10.1. The van der Waals surface area contributed by atoms with Crippen molar-refractivity contribution >= 4 is 33.3 Å². The molecule has 0 aliphatic heterocycles. The molecule has 0 N–H and O–H groups in total. The van der Waals surface area contributed by atoms with E-state index in [-0.39, 0.29) is 5.78 Å². The molecule has 2 nitrogen and oxygen atoms in total. The van der Waals surface area contributed by atoms with Crippen LogP contribution in [0.1, 0.15) is 11.1 Å². The van der Waals surface area contributed by atoms with Crippen LogP contribution in [-0.4, -0.2) is 18.2 Å². The maximum absolute atomic E-state index is 11.2. The van der Waals surface area contributed by atoms with E-state index < -0.39 is 0 Å². The third-order valence-corrected chi connectivity index (χ3v) is 2.95. The standard InChI is InChI=1S/C11H12BrClO2/c1-15-11-3-2-8(4-9(11)7-13)5-10(14)6-12/h2-4H,5-7H2,1H3. The largest absolute Gasteiger partial charge is 0.496 e. The molecule has 0 aliphatic carbocycles. The van der Waals surface area contributed by atoms with Crippen molar-refractivity contribution in [3.05, 3.63) is 29.3 Å². The van der Waals surface area contributed by atoms with Crippen molar-refractivity contribution in [2.45, 2.75) is 12.3 Å². The van der Waals surface area contributed by atoms with Crippen LogP contribution in [0.3, 0.4) is 0 Å². The maximum Gasteiger partial charge on any atom is 0.147 e. The van der Waals surface area contributed by atoms with Gasteiger partial charge in [-0.05, 0) is 11.6 Å². The number of carbonyl (C=O) groups excluding carboxylic acids is 1. The van der Waals surface area contributed by atoms with E-state index in [2.05, 4.69) is 15.9 Å². The molecule has 0 atom stereocenters. The van der Waals surface area contributed by atoms with Gasteiger partial charge in [0.1, 0.15) is 11.5 Å². The molecule has 0 aromatic heterocycles. The summed E-state index contributed by atoms with van der Waals surface area (Å²) in [6.07, 6.45) is 0.430. The summed E-state index contributed by atoms with van der Waals surface area (Å²) >= 11 is 8.91. The van der Waals surface area contributed by atoms with Crippen LogP contribution in [0.2, 0.25) is 0 Å². The molecular formula is C11H12BrClO2. The fourth-order valence-corrected chi connectivity index (χ4v) is 1.73. The van der Waals surface area contributed by atoms with E-state index in [1.54, 1.807) is 7.11 Å². The molecular weight excluding hydrogens is 279 g/mol. The first-order chi connectivity index (χ1) is 7.21. The van der Waals surface area contributed by atoms with E-state index >= 15 is 0 Å². The van der Waals surface area contributed by atoms with Crippen molar-refractivity contribution in [3.63, 3.8) is 0 Å². The predicted molar refractivity (Wildman–Crippen MR) is 65.1 cm³/mol. The van der Waals surface area contributed by atoms with Crippen molar-refractivity contribution in [3.8, 4) is 5.75 Å². The molecule has 0 amide bonds. The van der Waals surface area contributed by atoms with E-state index in [9.17, 15) is 4.79 Å². The number of ketones is 1. The third kappa shape index (κ3) is 3.50. The van der Waals surface area contributed by atoms with Crippen LogP contribution in [0.25, 0.3) is 0 Å². The van der Waals surface area contributed by atoms with Gasteiger partial charge in [0, 0.05) is 12.0 Å². The highest BCUT2D eigenvalue weighted by Gasteiger charge is 2.06. The molecule has 15 heavy (non-hydrogen) atoms. The highest BCUT2D eigenvalue weighted by Crippen LogP contribution is 2.22. The van der Waals surface area contributed by atoms with Crippen molar-refractivity contribution < 1.29 is 9.53 Å². The molecule has 82 valence electrons. The number of hydrogen-bond donors (Lipinski definition) is 0. The molecule has 0 spiro atoms. The highest BCUT2D eigenvalue weighted by molar-refractivity contribution is 9.09. The van der Waals surface area contributed by atoms with Crippen molar-refractivity contribution in [1.82, 2.24) is 0 Å². The Morgan fingerprint density at radius 2 is 2.27 bits per heavy atom. The van der Waals surface area contributed by atoms with Crippen molar-refractivity contribution in [2.24, 2.45) is 0 Å². The third-order valence-electron chi connectivity index (χ3n) is 2.04. The minimum absolute atomic E-state index is 0.153. The van der Waals surface area contributed by atoms with Gasteiger partial charge >= 0.3 is 0 Å². The Bertz CT molecular complexity index is 352. The van der Waals surface area contributed by atoms with Gasteiger partial charge in [0.15, 0.2) is 0 Å². The SMILES string of the molecule is COc1ccc(CC(=O)CBr)cc1CCl. The predicted octanol–water partition coefficient (Wildman–Crippen LogP) is 2.94. The molecule has 0 saturated heterocycles. The molecule has 0 heterocycles. The van der Waals surface area contributed by atoms with E-state index in [1.807, 2.05) is 18.2 Å². The van der Waals surface area contributed by atoms with E-state index in [1.165, 1.54) is 0 Å². The zero-order valence-corrected chi connectivity index (χ0v) is 10.8. The van der Waals surface area contributed by atoms with Gasteiger partial charge in [-0.1, -0.05) is 28.1 Å². The number of alkyl halides is 2. The lowest BCUT2D eigenvalue weighted by molar-refractivity contribution is -0.115. The number of benzene rings is 1. The zero-order valence-electron chi connectivity index (χ0n) is 8.43. The lowest BCUT2D eigenvalue weighted by Gasteiger charge is -2.07. The summed E-state index contributed by atoms with van der Waals surface area (Å²) in [4.78, 5) is 11.2. The topological polar surface area (TPSA) is 26.3 Å². The summed E-state index contributed by atoms with van der Waals surface area (Å²) < 4.78 is 5.14. The molecule has 4 heteroatoms. The monoisotopic (exact) mass is 290 g/mol. The Kier molecular flexibility index (Phi) is 5.12. The fraction of sp³-hybridized carbons (Fsp3) is 0.364. The van der Waals surface area contributed by atoms with Gasteiger partial charge in [0.05, 0.1) is 18.3 Å². The number of rotatable bonds is 5. The fourth-order valence-electron chi connectivity index (χ4n) is 1.32. The summed E-state index contributed by atoms with van der Waals surface area (Å²) in [6, 6.07) is 5.64. The second kappa shape index (κ2) is 6.13. The number of Topliss-reactive ketones (excluding diaryl/α,β-unsaturated/α-hetero) is 1. The van der Waals surface area contributed by atoms with Crippen LogP contribution >= 0.6 is 27.5 Å². The highest BCUT2D eigenvalue weighted by atomic mass is 79.9. The van der Waals surface area contributed by atoms with Gasteiger partial charge in [-0.2, -0.15) is 0 Å². The lowest BCUT2D eigenvalue weighted by Crippen LogP contribution is -2.04. The smallest absolute Gasteiger partial charge is 0.147 e. The molecule has 0 aliphatic rings. The van der Waals surface area contributed by atoms with Gasteiger partial charge in [-0.3, -0.25) is 4.79 Å². The quantitative estimate of drug-likeness (QED) is 0.780. The number of methoxy groups -OCH3 is 1. The minimum Gasteiger partial charge on any atom is -0.496 e. The van der Waals surface area contributed by atoms with Crippen molar-refractivity contribution in [2.75, 3.05) is 12.4 Å². The molecule has 1 aromatic rings. The summed E-state index contributed by atoms with van der Waals surface area (Å²) in [5.74, 6) is 1.31. The van der Waals surface area contributed by atoms with Crippen LogP contribution in [-0.2, 0) is 17.1 Å². The van der Waals surface area contributed by atoms with Crippen LogP contribution in [0.15, 0.2) is 18.2 Å². The average molecular weight is 292 g/mol. The van der Waals surface area contributed by atoms with Crippen LogP contribution in [0, 0.1) is 0 Å². The number of ether oxygens (including phenoxy) is 1. The van der Waals surface area contributed by atoms with Gasteiger partial charge in [0.2, 0.25) is 0 Å². The average Bonchev–Trinajstić information content (AvgIpc) is 2.28. The van der Waals surface area contributed by atoms with Gasteiger partial charge in [0.25, 0.3) is 0 Å². The molecule has 0 unspecified atom stereocenters. The van der Waals surface area contributed by atoms with Crippen LogP contribution < -0.4 is 4.74 Å². The Balaban J connectivity index is 2.88. The Labute approximate surface area is 103 Å². The number of halogens is 2. The van der Waals surface area contributed by atoms with Gasteiger partial charge in [-0.15, -0.1) is 11.6 Å². The minimum atomic E-state index is 0.153. The first-order valence-corrected chi connectivity index (χ1v) is 6.16. The van der Waals surface area contributed by atoms with E-state index in [0.717, 1.165) is 16.9 Å². The zero-order chi connectivity index (χ0) is 11.3. The Morgan fingerprint density at radius 3 is 2.80 bits per heavy atom. The van der Waals surface area contributed by atoms with E-state index in [4.69, 9.17) is 16.3 Å². The normalized spacial score (nSPS) is 10.1. The first-order valence-electron chi connectivity index (χ1n) is 4.50. The van der Waals surface area contributed by atoms with Crippen molar-refractivity contribution in [1.29, 1.82) is 0 Å². The number of carbonyl (C=O) groups is 1. The first kappa shape index (κ1) is 12.5. The Morgan fingerprint density at radius 1 is 1.53 bits per heavy atom. The molecule has 1 rings (SSSR count). The van der Waals surface area contributed by atoms with Gasteiger partial charge < -0.3 is 4.74 Å². The summed E-state index contributed by atoms with van der Waals surface area (Å²) in [5.41, 5.74) is 1.88. The molecule has 0 saturated carbocycles. The van der Waals surface area contributed by atoms with Crippen LogP contribution in [0.4, 0.5) is 0 Å². The number of hydrogen-bond acceptors (Lipinski definition) is 2. The second-order valence-corrected chi connectivity index (χ2v) is 3.96. The van der Waals surface area contributed by atoms with E-state index in [0.29, 0.717) is 17.6 Å². The molecule has 0 fully saturated rings. The van der Waals surface area contributed by atoms with Gasteiger partial charge in [-0.25, -0.2) is 0 Å². The molecule has 0 bridgehead atoms. The summed E-state index contributed by atoms with van der Waals surface area (Å²) in [5, 5.41) is 0.384.